The molecule has 1 amide bonds. The fourth-order valence-corrected chi connectivity index (χ4v) is 5.50. The van der Waals surface area contributed by atoms with Crippen LogP contribution in [0.2, 0.25) is 5.15 Å². The summed E-state index contributed by atoms with van der Waals surface area (Å²) in [5.41, 5.74) is 2.14. The summed E-state index contributed by atoms with van der Waals surface area (Å²) < 4.78 is 5.48. The Bertz CT molecular complexity index is 1080. The molecule has 206 valence electrons. The van der Waals surface area contributed by atoms with E-state index < -0.39 is 5.97 Å². The molecule has 2 aromatic rings. The first-order valence-electron chi connectivity index (χ1n) is 14.0. The van der Waals surface area contributed by atoms with Gasteiger partial charge in [0.2, 0.25) is 11.7 Å². The number of ether oxygens (including phenoxy) is 1. The van der Waals surface area contributed by atoms with Crippen molar-refractivity contribution in [1.29, 1.82) is 0 Å². The molecule has 0 radical (unpaired) electrons. The summed E-state index contributed by atoms with van der Waals surface area (Å²) >= 11 is 6.49. The quantitative estimate of drug-likeness (QED) is 0.285. The summed E-state index contributed by atoms with van der Waals surface area (Å²) in [5, 5.41) is 6.71. The smallest absolute Gasteiger partial charge is 0.311 e. The number of likely N-dealkylation sites (N-methyl/N-ethyl adjacent to an activating group) is 1. The van der Waals surface area contributed by atoms with Crippen LogP contribution in [0.5, 0.6) is 5.75 Å². The van der Waals surface area contributed by atoms with Crippen LogP contribution in [0.1, 0.15) is 82.5 Å². The Kier molecular flexibility index (Phi) is 10.2. The van der Waals surface area contributed by atoms with Crippen LogP contribution in [-0.4, -0.2) is 48.0 Å². The molecule has 2 aliphatic rings. The third kappa shape index (κ3) is 8.06. The Labute approximate surface area is 230 Å². The van der Waals surface area contributed by atoms with Gasteiger partial charge in [0.15, 0.2) is 11.0 Å². The molecule has 0 spiro atoms. The van der Waals surface area contributed by atoms with Gasteiger partial charge in [0.1, 0.15) is 5.82 Å². The van der Waals surface area contributed by atoms with Crippen molar-refractivity contribution in [3.63, 3.8) is 0 Å². The highest BCUT2D eigenvalue weighted by molar-refractivity contribution is 6.31. The predicted molar refractivity (Wildman–Crippen MR) is 151 cm³/mol. The molecule has 0 saturated heterocycles. The summed E-state index contributed by atoms with van der Waals surface area (Å²) in [4.78, 5) is 35.5. The van der Waals surface area contributed by atoms with Crippen LogP contribution >= 0.6 is 11.6 Å². The first-order chi connectivity index (χ1) is 18.4. The van der Waals surface area contributed by atoms with Gasteiger partial charge in [-0.2, -0.15) is 0 Å². The van der Waals surface area contributed by atoms with Crippen LogP contribution < -0.4 is 20.3 Å². The Morgan fingerprint density at radius 2 is 1.71 bits per heavy atom. The highest BCUT2D eigenvalue weighted by Gasteiger charge is 2.24. The van der Waals surface area contributed by atoms with Gasteiger partial charge in [0.05, 0.1) is 6.54 Å². The van der Waals surface area contributed by atoms with E-state index in [1.807, 2.05) is 0 Å². The molecular formula is C29H40ClN5O3. The number of rotatable bonds is 11. The van der Waals surface area contributed by atoms with E-state index in [2.05, 4.69) is 44.9 Å². The van der Waals surface area contributed by atoms with E-state index in [1.54, 1.807) is 18.9 Å². The number of esters is 1. The molecule has 0 aliphatic heterocycles. The zero-order valence-corrected chi connectivity index (χ0v) is 23.4. The largest absolute Gasteiger partial charge is 0.419 e. The number of nitrogens with one attached hydrogen (secondary N) is 2. The fraction of sp³-hybridized carbons (Fsp3) is 0.586. The molecule has 0 atom stereocenters. The lowest BCUT2D eigenvalue weighted by Gasteiger charge is -2.22. The van der Waals surface area contributed by atoms with Crippen molar-refractivity contribution in [3.05, 3.63) is 40.8 Å². The van der Waals surface area contributed by atoms with E-state index in [0.717, 1.165) is 49.4 Å². The second-order valence-corrected chi connectivity index (χ2v) is 10.9. The van der Waals surface area contributed by atoms with E-state index in [4.69, 9.17) is 16.3 Å². The van der Waals surface area contributed by atoms with Crippen molar-refractivity contribution in [1.82, 2.24) is 15.3 Å². The third-order valence-corrected chi connectivity index (χ3v) is 7.71. The molecule has 38 heavy (non-hydrogen) atoms. The van der Waals surface area contributed by atoms with Gasteiger partial charge in [-0.3, -0.25) is 9.59 Å². The van der Waals surface area contributed by atoms with Crippen molar-refractivity contribution in [3.8, 4) is 5.75 Å². The summed E-state index contributed by atoms with van der Waals surface area (Å²) in [6.07, 6.45) is 11.6. The third-order valence-electron chi connectivity index (χ3n) is 7.46. The standard InChI is InChI=1S/C29H40ClN5O3/c1-3-26(37)38-27-28(30)33-24(34-29(27)35(2)19-25(36)32-23-11-7-8-12-23)17-20-13-15-22(16-14-20)31-18-21-9-5-4-6-10-21/h13-16,21,23,31H,3-12,17-19H2,1-2H3,(H,32,36). The molecule has 4 rings (SSSR count). The topological polar surface area (TPSA) is 96.4 Å². The summed E-state index contributed by atoms with van der Waals surface area (Å²) in [5.74, 6) is 1.13. The maximum absolute atomic E-state index is 12.7. The molecule has 2 saturated carbocycles. The molecule has 2 N–H and O–H groups in total. The van der Waals surface area contributed by atoms with Gasteiger partial charge in [0.25, 0.3) is 0 Å². The minimum absolute atomic E-state index is 0.0561. The molecule has 1 heterocycles. The van der Waals surface area contributed by atoms with E-state index in [9.17, 15) is 9.59 Å². The van der Waals surface area contributed by atoms with Crippen LogP contribution in [0.4, 0.5) is 11.5 Å². The Hall–Kier alpha value is -2.87. The molecule has 0 bridgehead atoms. The maximum atomic E-state index is 12.7. The van der Waals surface area contributed by atoms with Crippen LogP contribution in [0.15, 0.2) is 24.3 Å². The summed E-state index contributed by atoms with van der Waals surface area (Å²) in [7, 11) is 1.74. The second-order valence-electron chi connectivity index (χ2n) is 10.6. The average molecular weight is 542 g/mol. The van der Waals surface area contributed by atoms with Crippen molar-refractivity contribution in [2.24, 2.45) is 5.92 Å². The highest BCUT2D eigenvalue weighted by atomic mass is 35.5. The van der Waals surface area contributed by atoms with Gasteiger partial charge in [0, 0.05) is 38.2 Å². The zero-order chi connectivity index (χ0) is 26.9. The summed E-state index contributed by atoms with van der Waals surface area (Å²) in [6.45, 7) is 2.79. The first kappa shape index (κ1) is 28.1. The monoisotopic (exact) mass is 541 g/mol. The van der Waals surface area contributed by atoms with Gasteiger partial charge in [-0.1, -0.05) is 62.8 Å². The molecule has 2 aliphatic carbocycles. The van der Waals surface area contributed by atoms with Crippen LogP contribution in [0.3, 0.4) is 0 Å². The molecule has 0 unspecified atom stereocenters. The number of nitrogens with zero attached hydrogens (tertiary/aromatic N) is 3. The fourth-order valence-electron chi connectivity index (χ4n) is 5.28. The Morgan fingerprint density at radius 1 is 1.03 bits per heavy atom. The van der Waals surface area contributed by atoms with E-state index in [0.29, 0.717) is 18.1 Å². The SMILES string of the molecule is CCC(=O)Oc1c(Cl)nc(Cc2ccc(NCC3CCCCC3)cc2)nc1N(C)CC(=O)NC1CCCC1. The van der Waals surface area contributed by atoms with Crippen molar-refractivity contribution < 1.29 is 14.3 Å². The van der Waals surface area contributed by atoms with Gasteiger partial charge in [-0.15, -0.1) is 0 Å². The molecule has 2 fully saturated rings. The molecule has 9 heteroatoms. The summed E-state index contributed by atoms with van der Waals surface area (Å²) in [6, 6.07) is 8.50. The number of halogens is 1. The van der Waals surface area contributed by atoms with Crippen molar-refractivity contribution >= 4 is 35.0 Å². The minimum atomic E-state index is -0.440. The number of carbonyl (C=O) groups excluding carboxylic acids is 2. The van der Waals surface area contributed by atoms with Gasteiger partial charge < -0.3 is 20.3 Å². The Balaban J connectivity index is 1.45. The lowest BCUT2D eigenvalue weighted by atomic mass is 9.89. The average Bonchev–Trinajstić information content (AvgIpc) is 3.43. The number of anilines is 2. The van der Waals surface area contributed by atoms with Crippen molar-refractivity contribution in [2.45, 2.75) is 83.6 Å². The number of carbonyl (C=O) groups is 2. The van der Waals surface area contributed by atoms with E-state index in [-0.39, 0.29) is 35.8 Å². The maximum Gasteiger partial charge on any atom is 0.311 e. The van der Waals surface area contributed by atoms with E-state index in [1.165, 1.54) is 32.1 Å². The van der Waals surface area contributed by atoms with Crippen LogP contribution in [0, 0.1) is 5.92 Å². The Morgan fingerprint density at radius 3 is 2.39 bits per heavy atom. The predicted octanol–water partition coefficient (Wildman–Crippen LogP) is 5.52. The normalized spacial score (nSPS) is 16.3. The number of hydrogen-bond acceptors (Lipinski definition) is 7. The lowest BCUT2D eigenvalue weighted by molar-refractivity contribution is -0.134. The van der Waals surface area contributed by atoms with Crippen LogP contribution in [0.25, 0.3) is 0 Å². The lowest BCUT2D eigenvalue weighted by Crippen LogP contribution is -2.40. The molecular weight excluding hydrogens is 502 g/mol. The number of hydrogen-bond donors (Lipinski definition) is 2. The number of amides is 1. The highest BCUT2D eigenvalue weighted by Crippen LogP contribution is 2.33. The van der Waals surface area contributed by atoms with Gasteiger partial charge >= 0.3 is 5.97 Å². The van der Waals surface area contributed by atoms with Gasteiger partial charge in [-0.05, 0) is 49.3 Å². The molecule has 1 aromatic heterocycles. The number of benzene rings is 1. The van der Waals surface area contributed by atoms with Crippen molar-refractivity contribution in [2.75, 3.05) is 30.4 Å². The van der Waals surface area contributed by atoms with Crippen LogP contribution in [-0.2, 0) is 16.0 Å². The van der Waals surface area contributed by atoms with E-state index >= 15 is 0 Å². The second kappa shape index (κ2) is 13.8. The van der Waals surface area contributed by atoms with Gasteiger partial charge in [-0.25, -0.2) is 9.97 Å². The molecule has 1 aromatic carbocycles. The minimum Gasteiger partial charge on any atom is -0.419 e. The first-order valence-corrected chi connectivity index (χ1v) is 14.4. The zero-order valence-electron chi connectivity index (χ0n) is 22.6. The molecule has 8 nitrogen and oxygen atoms in total. The number of aromatic nitrogens is 2.